The number of alkyl halides is 3. The second-order valence-corrected chi connectivity index (χ2v) is 6.98. The highest BCUT2D eigenvalue weighted by Gasteiger charge is 2.38. The Morgan fingerprint density at radius 1 is 1.03 bits per heavy atom. The molecule has 1 heterocycles. The zero-order valence-corrected chi connectivity index (χ0v) is 16.3. The van der Waals surface area contributed by atoms with Crippen LogP contribution < -0.4 is 10.2 Å². The minimum atomic E-state index is -4.95. The third kappa shape index (κ3) is 4.12. The van der Waals surface area contributed by atoms with Crippen molar-refractivity contribution in [2.75, 3.05) is 4.90 Å². The first-order chi connectivity index (χ1) is 13.5. The summed E-state index contributed by atoms with van der Waals surface area (Å²) in [5.74, 6) is -3.52. The van der Waals surface area contributed by atoms with Crippen molar-refractivity contribution in [2.24, 2.45) is 0 Å². The van der Waals surface area contributed by atoms with E-state index < -0.39 is 45.5 Å². The molecule has 1 saturated heterocycles. The highest BCUT2D eigenvalue weighted by Crippen LogP contribution is 2.37. The molecule has 29 heavy (non-hydrogen) atoms. The Kier molecular flexibility index (Phi) is 5.66. The van der Waals surface area contributed by atoms with E-state index in [-0.39, 0.29) is 10.8 Å². The van der Waals surface area contributed by atoms with E-state index in [1.165, 1.54) is 24.3 Å². The van der Waals surface area contributed by atoms with Crippen molar-refractivity contribution in [1.29, 1.82) is 0 Å². The summed E-state index contributed by atoms with van der Waals surface area (Å²) < 4.78 is 54.2. The quantitative estimate of drug-likeness (QED) is 0.296. The second-order valence-electron chi connectivity index (χ2n) is 5.75. The number of anilines is 1. The van der Waals surface area contributed by atoms with Crippen LogP contribution in [0.5, 0.6) is 0 Å². The molecule has 0 aromatic heterocycles. The van der Waals surface area contributed by atoms with Crippen molar-refractivity contribution in [3.8, 4) is 0 Å². The van der Waals surface area contributed by atoms with Gasteiger partial charge < -0.3 is 0 Å². The molecule has 0 atom stereocenters. The first-order valence-electron chi connectivity index (χ1n) is 7.73. The van der Waals surface area contributed by atoms with Gasteiger partial charge in [-0.3, -0.25) is 19.8 Å². The third-order valence-electron chi connectivity index (χ3n) is 3.91. The summed E-state index contributed by atoms with van der Waals surface area (Å²) in [5, 5.41) is 1.67. The lowest BCUT2D eigenvalue weighted by Gasteiger charge is -2.29. The number of hydrogen-bond donors (Lipinski definition) is 1. The summed E-state index contributed by atoms with van der Waals surface area (Å²) in [4.78, 5) is 26.0. The van der Waals surface area contributed by atoms with Gasteiger partial charge in [-0.05, 0) is 54.7 Å². The summed E-state index contributed by atoms with van der Waals surface area (Å²) in [6.07, 6.45) is -4.44. The normalized spacial score (nSPS) is 16.4. The van der Waals surface area contributed by atoms with Crippen molar-refractivity contribution in [3.63, 3.8) is 0 Å². The average Bonchev–Trinajstić information content (AvgIpc) is 2.62. The molecule has 1 aliphatic heterocycles. The van der Waals surface area contributed by atoms with Crippen molar-refractivity contribution >= 4 is 64.1 Å². The number of thiocarbonyl (C=S) groups is 1. The molecule has 4 nitrogen and oxygen atoms in total. The van der Waals surface area contributed by atoms with Gasteiger partial charge in [0, 0.05) is 10.6 Å². The lowest BCUT2D eigenvalue weighted by atomic mass is 10.0. The van der Waals surface area contributed by atoms with Crippen LogP contribution in [0.2, 0.25) is 10.0 Å². The van der Waals surface area contributed by atoms with Gasteiger partial charge in [0.2, 0.25) is 0 Å². The van der Waals surface area contributed by atoms with Crippen LogP contribution in [0.15, 0.2) is 42.0 Å². The lowest BCUT2D eigenvalue weighted by Crippen LogP contribution is -2.54. The molecule has 2 aromatic rings. The molecular weight excluding hydrogens is 455 g/mol. The van der Waals surface area contributed by atoms with Crippen molar-refractivity contribution in [1.82, 2.24) is 5.32 Å². The van der Waals surface area contributed by atoms with Crippen LogP contribution in [-0.4, -0.2) is 16.9 Å². The van der Waals surface area contributed by atoms with E-state index in [0.717, 1.165) is 11.0 Å². The zero-order chi connectivity index (χ0) is 21.5. The van der Waals surface area contributed by atoms with Gasteiger partial charge >= 0.3 is 6.18 Å². The summed E-state index contributed by atoms with van der Waals surface area (Å²) in [6.45, 7) is 0. The monoisotopic (exact) mass is 462 g/mol. The Bertz CT molecular complexity index is 1070. The number of rotatable bonds is 2. The van der Waals surface area contributed by atoms with E-state index >= 15 is 0 Å². The third-order valence-corrected chi connectivity index (χ3v) is 4.74. The maximum atomic E-state index is 14.4. The van der Waals surface area contributed by atoms with Crippen molar-refractivity contribution in [3.05, 3.63) is 69.0 Å². The standard InChI is InChI=1S/C18H8Cl2F4N2O2S/c19-8-1-3-9(4-2-8)26-16(28)11(15(27)25-17(26)29)7-10-12(18(22,23)24)5-6-13(20)14(10)21/h1-7H,(H,25,27,29)/b11-7+. The number of hydrogen-bond acceptors (Lipinski definition) is 3. The van der Waals surface area contributed by atoms with Crippen LogP contribution in [0.4, 0.5) is 23.2 Å². The van der Waals surface area contributed by atoms with Crippen LogP contribution in [0, 0.1) is 5.82 Å². The fraction of sp³-hybridized carbons (Fsp3) is 0.0556. The maximum absolute atomic E-state index is 14.4. The van der Waals surface area contributed by atoms with Gasteiger partial charge in [-0.25, -0.2) is 4.39 Å². The molecule has 0 spiro atoms. The Balaban J connectivity index is 2.15. The number of nitrogens with one attached hydrogen (secondary N) is 1. The van der Waals surface area contributed by atoms with Gasteiger partial charge in [0.1, 0.15) is 11.4 Å². The second kappa shape index (κ2) is 7.74. The Morgan fingerprint density at radius 2 is 1.66 bits per heavy atom. The van der Waals surface area contributed by atoms with Gasteiger partial charge in [0.25, 0.3) is 11.8 Å². The van der Waals surface area contributed by atoms with Crippen LogP contribution in [-0.2, 0) is 15.8 Å². The van der Waals surface area contributed by atoms with E-state index in [1.807, 2.05) is 0 Å². The summed E-state index contributed by atoms with van der Waals surface area (Å²) >= 11 is 16.4. The van der Waals surface area contributed by atoms with E-state index in [0.29, 0.717) is 17.2 Å². The molecular formula is C18H8Cl2F4N2O2S. The SMILES string of the molecule is O=C1NC(=S)N(c2ccc(Cl)cc2)C(=O)/C1=C/c1c(C(F)(F)F)ccc(Cl)c1F. The molecule has 1 N–H and O–H groups in total. The van der Waals surface area contributed by atoms with Crippen LogP contribution in [0.25, 0.3) is 6.08 Å². The van der Waals surface area contributed by atoms with Crippen molar-refractivity contribution < 1.29 is 27.2 Å². The van der Waals surface area contributed by atoms with E-state index in [9.17, 15) is 27.2 Å². The van der Waals surface area contributed by atoms with Gasteiger partial charge in [0.05, 0.1) is 16.3 Å². The van der Waals surface area contributed by atoms with Gasteiger partial charge in [-0.2, -0.15) is 13.2 Å². The molecule has 0 unspecified atom stereocenters. The molecule has 1 fully saturated rings. The number of carbonyl (C=O) groups is 2. The molecule has 1 aliphatic rings. The predicted octanol–water partition coefficient (Wildman–Crippen LogP) is 4.98. The minimum Gasteiger partial charge on any atom is -0.298 e. The number of halogens is 6. The highest BCUT2D eigenvalue weighted by molar-refractivity contribution is 7.80. The number of amides is 2. The Hall–Kier alpha value is -2.49. The summed E-state index contributed by atoms with van der Waals surface area (Å²) in [6, 6.07) is 7.03. The Labute approximate surface area is 176 Å². The zero-order valence-electron chi connectivity index (χ0n) is 14.0. The predicted molar refractivity (Wildman–Crippen MR) is 104 cm³/mol. The van der Waals surface area contributed by atoms with Crippen molar-refractivity contribution in [2.45, 2.75) is 6.18 Å². The first kappa shape index (κ1) is 21.2. The largest absolute Gasteiger partial charge is 0.417 e. The number of nitrogens with zero attached hydrogens (tertiary/aromatic N) is 1. The molecule has 2 aromatic carbocycles. The fourth-order valence-corrected chi connectivity index (χ4v) is 3.15. The maximum Gasteiger partial charge on any atom is 0.417 e. The molecule has 2 amide bonds. The molecule has 11 heteroatoms. The van der Waals surface area contributed by atoms with E-state index in [4.69, 9.17) is 35.4 Å². The molecule has 0 aliphatic carbocycles. The van der Waals surface area contributed by atoms with Crippen LogP contribution in [0.1, 0.15) is 11.1 Å². The number of benzene rings is 2. The molecule has 3 rings (SSSR count). The summed E-state index contributed by atoms with van der Waals surface area (Å²) in [5.41, 5.74) is -2.97. The molecule has 0 radical (unpaired) electrons. The smallest absolute Gasteiger partial charge is 0.298 e. The lowest BCUT2D eigenvalue weighted by molar-refractivity contribution is -0.138. The molecule has 150 valence electrons. The van der Waals surface area contributed by atoms with Gasteiger partial charge in [-0.1, -0.05) is 23.2 Å². The van der Waals surface area contributed by atoms with E-state index in [2.05, 4.69) is 5.32 Å². The fourth-order valence-electron chi connectivity index (χ4n) is 2.58. The number of carbonyl (C=O) groups excluding carboxylic acids is 2. The molecule has 0 bridgehead atoms. The van der Waals surface area contributed by atoms with E-state index in [1.54, 1.807) is 0 Å². The van der Waals surface area contributed by atoms with Crippen LogP contribution in [0.3, 0.4) is 0 Å². The van der Waals surface area contributed by atoms with Gasteiger partial charge in [0.15, 0.2) is 5.11 Å². The first-order valence-corrected chi connectivity index (χ1v) is 8.89. The minimum absolute atomic E-state index is 0.206. The highest BCUT2D eigenvalue weighted by atomic mass is 35.5. The Morgan fingerprint density at radius 3 is 2.24 bits per heavy atom. The molecule has 0 saturated carbocycles. The van der Waals surface area contributed by atoms with Crippen LogP contribution >= 0.6 is 35.4 Å². The average molecular weight is 463 g/mol. The summed E-state index contributed by atoms with van der Waals surface area (Å²) in [7, 11) is 0. The topological polar surface area (TPSA) is 49.4 Å². The van der Waals surface area contributed by atoms with Gasteiger partial charge in [-0.15, -0.1) is 0 Å².